The number of pyridine rings is 1. The minimum Gasteiger partial charge on any atom is -0.351 e. The highest BCUT2D eigenvalue weighted by Crippen LogP contribution is 2.30. The van der Waals surface area contributed by atoms with Crippen LogP contribution in [0.2, 0.25) is 0 Å². The molecule has 1 saturated heterocycles. The third kappa shape index (κ3) is 5.08. The van der Waals surface area contributed by atoms with E-state index in [2.05, 4.69) is 24.8 Å². The summed E-state index contributed by atoms with van der Waals surface area (Å²) in [6, 6.07) is 9.06. The van der Waals surface area contributed by atoms with Gasteiger partial charge in [0.1, 0.15) is 5.82 Å². The molecule has 1 fully saturated rings. The fourth-order valence-electron chi connectivity index (χ4n) is 4.08. The number of aromatic nitrogens is 3. The van der Waals surface area contributed by atoms with Crippen LogP contribution in [-0.4, -0.2) is 61.2 Å². The summed E-state index contributed by atoms with van der Waals surface area (Å²) >= 11 is 0. The first-order chi connectivity index (χ1) is 16.1. The number of hydrogen-bond donors (Lipinski definition) is 2. The molecule has 0 radical (unpaired) electrons. The van der Waals surface area contributed by atoms with Gasteiger partial charge in [-0.1, -0.05) is 12.1 Å². The molecule has 0 bridgehead atoms. The van der Waals surface area contributed by atoms with Gasteiger partial charge in [-0.3, -0.25) is 10.00 Å². The molecule has 3 heterocycles. The van der Waals surface area contributed by atoms with E-state index in [9.17, 15) is 21.6 Å². The van der Waals surface area contributed by atoms with Crippen LogP contribution in [0.25, 0.3) is 11.3 Å². The number of anilines is 1. The van der Waals surface area contributed by atoms with Crippen LogP contribution in [0, 0.1) is 0 Å². The fraction of sp³-hybridized carbons (Fsp3) is 0.364. The molecule has 1 atom stereocenters. The maximum atomic E-state index is 12.8. The largest absolute Gasteiger partial charge is 0.417 e. The van der Waals surface area contributed by atoms with Crippen molar-refractivity contribution in [1.29, 1.82) is 0 Å². The maximum absolute atomic E-state index is 12.8. The first kappa shape index (κ1) is 24.2. The van der Waals surface area contributed by atoms with Crippen molar-refractivity contribution in [3.8, 4) is 11.3 Å². The second-order valence-corrected chi connectivity index (χ2v) is 10.1. The maximum Gasteiger partial charge on any atom is 0.417 e. The van der Waals surface area contributed by atoms with Gasteiger partial charge in [0, 0.05) is 55.7 Å². The van der Waals surface area contributed by atoms with E-state index in [1.165, 1.54) is 25.2 Å². The third-order valence-electron chi connectivity index (χ3n) is 5.90. The number of nitrogens with zero attached hydrogens (tertiary/aromatic N) is 4. The van der Waals surface area contributed by atoms with E-state index < -0.39 is 21.8 Å². The molecule has 8 nitrogen and oxygen atoms in total. The van der Waals surface area contributed by atoms with Gasteiger partial charge in [-0.2, -0.15) is 18.3 Å². The third-order valence-corrected chi connectivity index (χ3v) is 7.33. The Labute approximate surface area is 195 Å². The van der Waals surface area contributed by atoms with Gasteiger partial charge in [0.15, 0.2) is 0 Å². The van der Waals surface area contributed by atoms with Crippen LogP contribution < -0.4 is 9.62 Å². The highest BCUT2D eigenvalue weighted by atomic mass is 32.2. The number of aromatic amines is 1. The van der Waals surface area contributed by atoms with Crippen molar-refractivity contribution in [2.24, 2.45) is 0 Å². The highest BCUT2D eigenvalue weighted by molar-refractivity contribution is 7.89. The van der Waals surface area contributed by atoms with Gasteiger partial charge in [-0.05, 0) is 38.2 Å². The molecular weight excluding hydrogens is 469 g/mol. The SMILES string of the molecule is CNS(=O)(=O)c1ccc(-c2n[nH]cc2CN2CCN(c3ccc(C(F)(F)F)cn3)[C@H](C)C2)cc1. The first-order valence-corrected chi connectivity index (χ1v) is 12.2. The monoisotopic (exact) mass is 494 g/mol. The molecule has 0 spiro atoms. The Bertz CT molecular complexity index is 1230. The number of halogens is 3. The Morgan fingerprint density at radius 2 is 1.88 bits per heavy atom. The summed E-state index contributed by atoms with van der Waals surface area (Å²) in [5.74, 6) is 0.528. The summed E-state index contributed by atoms with van der Waals surface area (Å²) in [6.07, 6.45) is -1.71. The molecule has 1 aromatic carbocycles. The van der Waals surface area contributed by atoms with Crippen LogP contribution in [0.4, 0.5) is 19.0 Å². The number of alkyl halides is 3. The van der Waals surface area contributed by atoms with E-state index in [4.69, 9.17) is 0 Å². The van der Waals surface area contributed by atoms with Gasteiger partial charge < -0.3 is 4.90 Å². The van der Waals surface area contributed by atoms with Crippen LogP contribution in [0.5, 0.6) is 0 Å². The molecule has 3 aromatic rings. The van der Waals surface area contributed by atoms with E-state index in [0.717, 1.165) is 29.1 Å². The lowest BCUT2D eigenvalue weighted by molar-refractivity contribution is -0.137. The summed E-state index contributed by atoms with van der Waals surface area (Å²) in [6.45, 7) is 4.68. The molecule has 182 valence electrons. The van der Waals surface area contributed by atoms with Gasteiger partial charge >= 0.3 is 6.18 Å². The van der Waals surface area contributed by atoms with Crippen LogP contribution in [-0.2, 0) is 22.7 Å². The van der Waals surface area contributed by atoms with Crippen molar-refractivity contribution in [2.75, 3.05) is 31.6 Å². The lowest BCUT2D eigenvalue weighted by Gasteiger charge is -2.40. The van der Waals surface area contributed by atoms with Crippen molar-refractivity contribution in [1.82, 2.24) is 24.8 Å². The molecule has 0 unspecified atom stereocenters. The van der Waals surface area contributed by atoms with E-state index in [1.807, 2.05) is 18.0 Å². The molecule has 0 amide bonds. The first-order valence-electron chi connectivity index (χ1n) is 10.7. The molecule has 0 saturated carbocycles. The van der Waals surface area contributed by atoms with Crippen molar-refractivity contribution in [3.63, 3.8) is 0 Å². The summed E-state index contributed by atoms with van der Waals surface area (Å²) in [7, 11) is -2.15. The predicted octanol–water partition coefficient (Wildman–Crippen LogP) is 3.11. The lowest BCUT2D eigenvalue weighted by atomic mass is 10.1. The fourth-order valence-corrected chi connectivity index (χ4v) is 4.81. The zero-order valence-electron chi connectivity index (χ0n) is 18.7. The second-order valence-electron chi connectivity index (χ2n) is 8.17. The van der Waals surface area contributed by atoms with E-state index in [-0.39, 0.29) is 10.9 Å². The van der Waals surface area contributed by atoms with Gasteiger partial charge in [0.05, 0.1) is 16.2 Å². The van der Waals surface area contributed by atoms with Crippen molar-refractivity contribution >= 4 is 15.8 Å². The molecule has 34 heavy (non-hydrogen) atoms. The van der Waals surface area contributed by atoms with E-state index in [1.54, 1.807) is 12.1 Å². The van der Waals surface area contributed by atoms with Crippen LogP contribution in [0.15, 0.2) is 53.7 Å². The molecule has 1 aliphatic rings. The lowest BCUT2D eigenvalue weighted by Crippen LogP contribution is -2.51. The van der Waals surface area contributed by atoms with Gasteiger partial charge in [0.2, 0.25) is 10.0 Å². The van der Waals surface area contributed by atoms with Crippen molar-refractivity contribution in [2.45, 2.75) is 30.6 Å². The summed E-state index contributed by atoms with van der Waals surface area (Å²) in [5, 5.41) is 7.23. The molecule has 12 heteroatoms. The minimum atomic E-state index is -4.40. The van der Waals surface area contributed by atoms with Crippen molar-refractivity contribution in [3.05, 3.63) is 59.9 Å². The zero-order chi connectivity index (χ0) is 24.5. The number of piperazine rings is 1. The quantitative estimate of drug-likeness (QED) is 0.547. The Balaban J connectivity index is 1.43. The number of hydrogen-bond acceptors (Lipinski definition) is 6. The molecule has 1 aliphatic heterocycles. The van der Waals surface area contributed by atoms with Crippen LogP contribution in [0.3, 0.4) is 0 Å². The molecule has 0 aliphatic carbocycles. The predicted molar refractivity (Wildman–Crippen MR) is 122 cm³/mol. The summed E-state index contributed by atoms with van der Waals surface area (Å²) in [5.41, 5.74) is 1.75. The van der Waals surface area contributed by atoms with Gasteiger partial charge in [0.25, 0.3) is 0 Å². The number of H-pyrrole nitrogens is 1. The Morgan fingerprint density at radius 3 is 2.47 bits per heavy atom. The van der Waals surface area contributed by atoms with E-state index in [0.29, 0.717) is 32.0 Å². The smallest absolute Gasteiger partial charge is 0.351 e. The standard InChI is InChI=1S/C22H25F3N6O2S/c1-15-13-30(9-10-31(15)20-8-5-18(12-27-20)22(23,24)25)14-17-11-28-29-21(17)16-3-6-19(7-4-16)34(32,33)26-2/h3-8,11-12,15,26H,9-10,13-14H2,1-2H3,(H,28,29)/t15-/m1/s1. The van der Waals surface area contributed by atoms with Crippen LogP contribution in [0.1, 0.15) is 18.1 Å². The highest BCUT2D eigenvalue weighted by Gasteiger charge is 2.32. The van der Waals surface area contributed by atoms with Gasteiger partial charge in [-0.15, -0.1) is 0 Å². The number of rotatable bonds is 6. The second kappa shape index (κ2) is 9.35. The van der Waals surface area contributed by atoms with Gasteiger partial charge in [-0.25, -0.2) is 18.1 Å². The van der Waals surface area contributed by atoms with Crippen LogP contribution >= 0.6 is 0 Å². The summed E-state index contributed by atoms with van der Waals surface area (Å²) in [4.78, 5) is 8.46. The Hall–Kier alpha value is -2.96. The van der Waals surface area contributed by atoms with Crippen molar-refractivity contribution < 1.29 is 21.6 Å². The normalized spacial score (nSPS) is 17.8. The summed E-state index contributed by atoms with van der Waals surface area (Å²) < 4.78 is 64.6. The minimum absolute atomic E-state index is 0.0550. The zero-order valence-corrected chi connectivity index (χ0v) is 19.5. The van der Waals surface area contributed by atoms with E-state index >= 15 is 0 Å². The molecular formula is C22H25F3N6O2S. The average Bonchev–Trinajstić information content (AvgIpc) is 3.27. The molecule has 2 aromatic heterocycles. The molecule has 2 N–H and O–H groups in total. The Kier molecular flexibility index (Phi) is 6.65. The Morgan fingerprint density at radius 1 is 1.15 bits per heavy atom. The average molecular weight is 495 g/mol. The number of nitrogens with one attached hydrogen (secondary N) is 2. The number of benzene rings is 1. The number of sulfonamides is 1. The molecule has 4 rings (SSSR count). The topological polar surface area (TPSA) is 94.2 Å².